The van der Waals surface area contributed by atoms with Gasteiger partial charge in [-0.1, -0.05) is 36.9 Å². The maximum Gasteiger partial charge on any atom is 0.163 e. The average Bonchev–Trinajstić information content (AvgIpc) is 2.84. The monoisotopic (exact) mass is 290 g/mol. The van der Waals surface area contributed by atoms with Gasteiger partial charge in [0.05, 0.1) is 19.8 Å². The molecule has 0 spiro atoms. The molecule has 4 nitrogen and oxygen atoms in total. The van der Waals surface area contributed by atoms with Crippen molar-refractivity contribution in [1.29, 1.82) is 0 Å². The maximum atomic E-state index is 10.3. The molecule has 1 fully saturated rings. The topological polar surface area (TPSA) is 47.9 Å². The Bertz CT molecular complexity index is 503. The minimum Gasteiger partial charge on any atom is -0.385 e. The van der Waals surface area contributed by atoms with Crippen LogP contribution < -0.4 is 0 Å². The van der Waals surface area contributed by atoms with Gasteiger partial charge in [0.1, 0.15) is 12.2 Å². The lowest BCUT2D eigenvalue weighted by molar-refractivity contribution is -0.148. The summed E-state index contributed by atoms with van der Waals surface area (Å²) in [6.45, 7) is 8.35. The first-order valence-corrected chi connectivity index (χ1v) is 7.02. The van der Waals surface area contributed by atoms with Crippen molar-refractivity contribution in [2.24, 2.45) is 0 Å². The highest BCUT2D eigenvalue weighted by Gasteiger charge is 2.38. The number of rotatable bonds is 6. The second-order valence-electron chi connectivity index (χ2n) is 5.49. The third kappa shape index (κ3) is 4.53. The van der Waals surface area contributed by atoms with Crippen LogP contribution in [-0.2, 0) is 20.8 Å². The van der Waals surface area contributed by atoms with Gasteiger partial charge < -0.3 is 19.3 Å². The highest BCUT2D eigenvalue weighted by Crippen LogP contribution is 2.26. The third-order valence-corrected chi connectivity index (χ3v) is 3.34. The summed E-state index contributed by atoms with van der Waals surface area (Å²) in [6, 6.07) is 9.86. The fourth-order valence-electron chi connectivity index (χ4n) is 2.19. The van der Waals surface area contributed by atoms with Crippen LogP contribution in [0.4, 0.5) is 0 Å². The van der Waals surface area contributed by atoms with Crippen molar-refractivity contribution in [2.45, 2.75) is 38.4 Å². The molecule has 1 saturated heterocycles. The van der Waals surface area contributed by atoms with Gasteiger partial charge in [0.2, 0.25) is 0 Å². The first kappa shape index (κ1) is 16.0. The van der Waals surface area contributed by atoms with Crippen LogP contribution in [-0.4, -0.2) is 36.3 Å². The summed E-state index contributed by atoms with van der Waals surface area (Å²) in [5.41, 5.74) is 4.41. The largest absolute Gasteiger partial charge is 0.385 e. The first-order valence-electron chi connectivity index (χ1n) is 7.02. The molecule has 1 aromatic rings. The van der Waals surface area contributed by atoms with Crippen molar-refractivity contribution in [1.82, 2.24) is 0 Å². The van der Waals surface area contributed by atoms with E-state index >= 15 is 0 Å². The molecular formula is C17H22O4. The van der Waals surface area contributed by atoms with E-state index < -0.39 is 18.0 Å². The van der Waals surface area contributed by atoms with Crippen molar-refractivity contribution in [3.05, 3.63) is 53.8 Å². The van der Waals surface area contributed by atoms with Crippen LogP contribution in [0.5, 0.6) is 0 Å². The molecule has 21 heavy (non-hydrogen) atoms. The number of hydrogen-bond acceptors (Lipinski definition) is 4. The van der Waals surface area contributed by atoms with Gasteiger partial charge in [-0.2, -0.15) is 0 Å². The van der Waals surface area contributed by atoms with Gasteiger partial charge in [-0.3, -0.25) is 0 Å². The van der Waals surface area contributed by atoms with E-state index in [1.165, 1.54) is 0 Å². The number of aliphatic hydroxyl groups excluding tert-OH is 1. The van der Waals surface area contributed by atoms with Gasteiger partial charge in [-0.15, -0.1) is 5.73 Å². The van der Waals surface area contributed by atoms with Gasteiger partial charge in [-0.25, -0.2) is 0 Å². The lowest BCUT2D eigenvalue weighted by atomic mass is 10.1. The summed E-state index contributed by atoms with van der Waals surface area (Å²) in [4.78, 5) is 0. The Morgan fingerprint density at radius 1 is 1.48 bits per heavy atom. The molecule has 1 N–H and O–H groups in total. The van der Waals surface area contributed by atoms with Crippen molar-refractivity contribution in [2.75, 3.05) is 13.2 Å². The predicted octanol–water partition coefficient (Wildman–Crippen LogP) is 2.43. The highest BCUT2D eigenvalue weighted by atomic mass is 16.7. The molecular weight excluding hydrogens is 268 g/mol. The molecule has 0 radical (unpaired) electrons. The fraction of sp³-hybridized carbons (Fsp3) is 0.471. The average molecular weight is 290 g/mol. The molecule has 1 aliphatic rings. The molecule has 0 saturated carbocycles. The molecule has 1 aliphatic heterocycles. The van der Waals surface area contributed by atoms with Gasteiger partial charge in [0.15, 0.2) is 5.79 Å². The maximum absolute atomic E-state index is 10.3. The number of hydrogen-bond donors (Lipinski definition) is 1. The van der Waals surface area contributed by atoms with Gasteiger partial charge in [0, 0.05) is 5.57 Å². The molecule has 0 aliphatic carbocycles. The van der Waals surface area contributed by atoms with Crippen LogP contribution in [0.15, 0.2) is 48.2 Å². The van der Waals surface area contributed by atoms with E-state index in [1.807, 2.05) is 44.2 Å². The minimum absolute atomic E-state index is 0.264. The molecule has 4 heteroatoms. The Balaban J connectivity index is 1.84. The number of benzene rings is 1. The summed E-state index contributed by atoms with van der Waals surface area (Å²) in [5, 5.41) is 10.3. The van der Waals surface area contributed by atoms with Crippen LogP contribution in [0.3, 0.4) is 0 Å². The van der Waals surface area contributed by atoms with E-state index in [0.29, 0.717) is 18.8 Å². The SMILES string of the molecule is C=C=C(COCc1ccccc1)[C@H](O)[C@H]1COC(C)(C)O1. The van der Waals surface area contributed by atoms with Gasteiger partial charge in [0.25, 0.3) is 0 Å². The Morgan fingerprint density at radius 2 is 2.19 bits per heavy atom. The zero-order valence-electron chi connectivity index (χ0n) is 12.5. The van der Waals surface area contributed by atoms with E-state index in [-0.39, 0.29) is 6.61 Å². The summed E-state index contributed by atoms with van der Waals surface area (Å²) in [7, 11) is 0. The minimum atomic E-state index is -0.819. The fourth-order valence-corrected chi connectivity index (χ4v) is 2.19. The second-order valence-corrected chi connectivity index (χ2v) is 5.49. The molecule has 0 bridgehead atoms. The molecule has 0 aromatic heterocycles. The highest BCUT2D eigenvalue weighted by molar-refractivity contribution is 5.14. The Morgan fingerprint density at radius 3 is 2.76 bits per heavy atom. The van der Waals surface area contributed by atoms with Crippen LogP contribution >= 0.6 is 0 Å². The van der Waals surface area contributed by atoms with Crippen LogP contribution in [0.2, 0.25) is 0 Å². The Labute approximate surface area is 125 Å². The third-order valence-electron chi connectivity index (χ3n) is 3.34. The molecule has 2 rings (SSSR count). The normalized spacial score (nSPS) is 21.8. The van der Waals surface area contributed by atoms with Crippen LogP contribution in [0.25, 0.3) is 0 Å². The quantitative estimate of drug-likeness (QED) is 0.817. The second kappa shape index (κ2) is 7.03. The zero-order valence-corrected chi connectivity index (χ0v) is 12.5. The molecule has 2 atom stereocenters. The van der Waals surface area contributed by atoms with Crippen molar-refractivity contribution in [3.8, 4) is 0 Å². The standard InChI is InChI=1S/C17H22O4/c1-4-14(11-19-10-13-8-6-5-7-9-13)16(18)15-12-20-17(2,3)21-15/h5-9,15-16,18H,1,10-12H2,2-3H3/t15-,16+/m1/s1. The van der Waals surface area contributed by atoms with Crippen LogP contribution in [0, 0.1) is 0 Å². The molecule has 0 unspecified atom stereocenters. The molecule has 0 amide bonds. The zero-order chi connectivity index (χ0) is 15.3. The molecule has 1 aromatic carbocycles. The predicted molar refractivity (Wildman–Crippen MR) is 79.7 cm³/mol. The lowest BCUT2D eigenvalue weighted by Crippen LogP contribution is -2.33. The van der Waals surface area contributed by atoms with Crippen molar-refractivity contribution >= 4 is 0 Å². The summed E-state index contributed by atoms with van der Waals surface area (Å²) < 4.78 is 16.7. The van der Waals surface area contributed by atoms with E-state index in [2.05, 4.69) is 12.3 Å². The summed E-state index contributed by atoms with van der Waals surface area (Å²) in [5.74, 6) is -0.664. The van der Waals surface area contributed by atoms with Crippen molar-refractivity contribution in [3.63, 3.8) is 0 Å². The molecule has 114 valence electrons. The van der Waals surface area contributed by atoms with E-state index in [9.17, 15) is 5.11 Å². The van der Waals surface area contributed by atoms with Crippen LogP contribution in [0.1, 0.15) is 19.4 Å². The Kier molecular flexibility index (Phi) is 5.34. The number of ether oxygens (including phenoxy) is 3. The van der Waals surface area contributed by atoms with Gasteiger partial charge in [-0.05, 0) is 19.4 Å². The summed E-state index contributed by atoms with van der Waals surface area (Å²) in [6.07, 6.45) is -1.23. The Hall–Kier alpha value is -1.42. The lowest BCUT2D eigenvalue weighted by Gasteiger charge is -2.21. The number of aliphatic hydroxyl groups is 1. The smallest absolute Gasteiger partial charge is 0.163 e. The summed E-state index contributed by atoms with van der Waals surface area (Å²) >= 11 is 0. The van der Waals surface area contributed by atoms with E-state index in [1.54, 1.807) is 0 Å². The van der Waals surface area contributed by atoms with E-state index in [0.717, 1.165) is 5.56 Å². The van der Waals surface area contributed by atoms with Crippen molar-refractivity contribution < 1.29 is 19.3 Å². The first-order chi connectivity index (χ1) is 10.0. The molecule has 1 heterocycles. The van der Waals surface area contributed by atoms with Gasteiger partial charge >= 0.3 is 0 Å². The van der Waals surface area contributed by atoms with E-state index in [4.69, 9.17) is 14.2 Å².